The molecule has 0 radical (unpaired) electrons. The number of nitrogens with two attached hydrogens (primary N) is 2. The normalized spacial score (nSPS) is 13.4. The van der Waals surface area contributed by atoms with Crippen molar-refractivity contribution in [2.45, 2.75) is 6.18 Å². The topological polar surface area (TPSA) is 66.0 Å². The van der Waals surface area contributed by atoms with E-state index in [4.69, 9.17) is 11.5 Å². The maximum Gasteiger partial charge on any atom is 0.479 e. The molecule has 122 valence electrons. The Kier molecular flexibility index (Phi) is 4.69. The smallest absolute Gasteiger partial charge is 0.403 e. The summed E-state index contributed by atoms with van der Waals surface area (Å²) in [6.45, 7) is 0. The molecule has 2 aromatic rings. The summed E-state index contributed by atoms with van der Waals surface area (Å²) in [6, 6.07) is 4.55. The van der Waals surface area contributed by atoms with Gasteiger partial charge in [0.05, 0.1) is 5.56 Å². The minimum Gasteiger partial charge on any atom is -0.403 e. The van der Waals surface area contributed by atoms with E-state index in [1.165, 1.54) is 6.07 Å². The Balaban J connectivity index is 2.74. The zero-order valence-electron chi connectivity index (χ0n) is 11.4. The number of benzene rings is 1. The third-order valence-corrected chi connectivity index (χ3v) is 3.75. The van der Waals surface area contributed by atoms with E-state index in [1.807, 2.05) is 4.99 Å². The molecule has 0 amide bonds. The lowest BCUT2D eigenvalue weighted by atomic mass is 10.1. The van der Waals surface area contributed by atoms with Crippen LogP contribution < -0.4 is 16.5 Å². The molecule has 0 fully saturated rings. The van der Waals surface area contributed by atoms with Gasteiger partial charge in [0.25, 0.3) is 0 Å². The summed E-state index contributed by atoms with van der Waals surface area (Å²) in [4.78, 5) is 2.30. The van der Waals surface area contributed by atoms with Crippen LogP contribution in [0.15, 0.2) is 41.5 Å². The molecule has 0 aliphatic carbocycles. The molecule has 0 atom stereocenters. The highest BCUT2D eigenvalue weighted by molar-refractivity contribution is 7.13. The fourth-order valence-corrected chi connectivity index (χ4v) is 2.59. The number of halogens is 5. The van der Waals surface area contributed by atoms with Crippen molar-refractivity contribution in [3.8, 4) is 10.4 Å². The van der Waals surface area contributed by atoms with Gasteiger partial charge in [-0.1, -0.05) is 6.07 Å². The lowest BCUT2D eigenvalue weighted by Gasteiger charge is -2.07. The van der Waals surface area contributed by atoms with Gasteiger partial charge in [0.2, 0.25) is 5.69 Å². The van der Waals surface area contributed by atoms with E-state index in [9.17, 15) is 22.0 Å². The summed E-state index contributed by atoms with van der Waals surface area (Å²) >= 11 is 1.12. The summed E-state index contributed by atoms with van der Waals surface area (Å²) in [5, 5.41) is 1.63. The molecule has 5 N–H and O–H groups in total. The van der Waals surface area contributed by atoms with Crippen LogP contribution in [0.25, 0.3) is 10.4 Å². The van der Waals surface area contributed by atoms with Crippen molar-refractivity contribution >= 4 is 22.7 Å². The molecule has 9 heteroatoms. The van der Waals surface area contributed by atoms with Crippen molar-refractivity contribution in [1.82, 2.24) is 0 Å². The van der Waals surface area contributed by atoms with E-state index >= 15 is 0 Å². The number of rotatable bonds is 3. The average Bonchev–Trinajstić information content (AvgIpc) is 2.97. The lowest BCUT2D eigenvalue weighted by molar-refractivity contribution is -0.369. The van der Waals surface area contributed by atoms with Gasteiger partial charge in [-0.05, 0) is 17.5 Å². The minimum absolute atomic E-state index is 0.0518. The summed E-state index contributed by atoms with van der Waals surface area (Å²) in [5.41, 5.74) is 7.42. The highest BCUT2D eigenvalue weighted by Gasteiger charge is 2.44. The number of alkyl halides is 3. The molecular weight excluding hydrogens is 337 g/mol. The number of hydrogen-bond donors (Lipinski definition) is 3. The van der Waals surface area contributed by atoms with Crippen LogP contribution in [0.2, 0.25) is 0 Å². The predicted octanol–water partition coefficient (Wildman–Crippen LogP) is 2.17. The quantitative estimate of drug-likeness (QED) is 0.588. The van der Waals surface area contributed by atoms with Gasteiger partial charge in [0.15, 0.2) is 5.82 Å². The van der Waals surface area contributed by atoms with Crippen LogP contribution in [0.1, 0.15) is 0 Å². The molecule has 0 saturated heterocycles. The second kappa shape index (κ2) is 6.37. The fraction of sp³-hybridized carbons (Fsp3) is 0.0714. The number of allylic oxidation sites excluding steroid dienone is 1. The van der Waals surface area contributed by atoms with Gasteiger partial charge in [-0.3, -0.25) is 0 Å². The standard InChI is InChI=1S/C14H10F5N3S/c15-7-4-8(11-2-1-3-23-11)12(9(16)5-7)22-13(10(21)6-20)14(17,18)19/h1-6H,20-21H2/p+1. The molecule has 0 aliphatic heterocycles. The number of nitrogens with one attached hydrogen (secondary N) is 1. The lowest BCUT2D eigenvalue weighted by Crippen LogP contribution is -2.72. The highest BCUT2D eigenvalue weighted by Crippen LogP contribution is 2.31. The van der Waals surface area contributed by atoms with Gasteiger partial charge in [0.1, 0.15) is 11.5 Å². The van der Waals surface area contributed by atoms with E-state index in [0.29, 0.717) is 17.1 Å². The van der Waals surface area contributed by atoms with Crippen molar-refractivity contribution < 1.29 is 26.9 Å². The van der Waals surface area contributed by atoms with Crippen LogP contribution in [0.4, 0.5) is 27.6 Å². The molecule has 23 heavy (non-hydrogen) atoms. The number of thiophene rings is 1. The van der Waals surface area contributed by atoms with Crippen LogP contribution in [0, 0.1) is 11.6 Å². The Morgan fingerprint density at radius 3 is 2.43 bits per heavy atom. The third-order valence-electron chi connectivity index (χ3n) is 2.84. The molecule has 1 heterocycles. The van der Waals surface area contributed by atoms with Crippen molar-refractivity contribution in [3.63, 3.8) is 0 Å². The first-order valence-corrected chi connectivity index (χ1v) is 7.04. The highest BCUT2D eigenvalue weighted by atomic mass is 32.1. The van der Waals surface area contributed by atoms with Gasteiger partial charge in [-0.25, -0.2) is 4.39 Å². The van der Waals surface area contributed by atoms with Crippen molar-refractivity contribution in [2.24, 2.45) is 11.5 Å². The third kappa shape index (κ3) is 3.67. The number of hydrogen-bond acceptors (Lipinski definition) is 3. The van der Waals surface area contributed by atoms with Gasteiger partial charge < -0.3 is 11.5 Å². The Morgan fingerprint density at radius 1 is 1.22 bits per heavy atom. The van der Waals surface area contributed by atoms with E-state index in [1.54, 1.807) is 11.4 Å². The summed E-state index contributed by atoms with van der Waals surface area (Å²) in [6.07, 6.45) is -4.35. The molecule has 2 rings (SSSR count). The zero-order valence-corrected chi connectivity index (χ0v) is 12.2. The Morgan fingerprint density at radius 2 is 1.91 bits per heavy atom. The fourth-order valence-electron chi connectivity index (χ4n) is 1.84. The van der Waals surface area contributed by atoms with Crippen LogP contribution in [0.3, 0.4) is 0 Å². The molecule has 1 aromatic heterocycles. The summed E-state index contributed by atoms with van der Waals surface area (Å²) < 4.78 is 66.7. The molecule has 0 aliphatic rings. The Hall–Kier alpha value is -2.42. The van der Waals surface area contributed by atoms with Crippen molar-refractivity contribution in [3.05, 3.63) is 53.2 Å². The van der Waals surface area contributed by atoms with Gasteiger partial charge in [-0.2, -0.15) is 22.6 Å². The molecule has 0 bridgehead atoms. The van der Waals surface area contributed by atoms with Gasteiger partial charge >= 0.3 is 11.9 Å². The molecular formula is C14H11F5N3S+. The van der Waals surface area contributed by atoms with Crippen LogP contribution >= 0.6 is 11.3 Å². The first-order chi connectivity index (χ1) is 10.7. The van der Waals surface area contributed by atoms with E-state index in [-0.39, 0.29) is 5.56 Å². The monoisotopic (exact) mass is 348 g/mol. The van der Waals surface area contributed by atoms with Crippen molar-refractivity contribution in [2.75, 3.05) is 0 Å². The van der Waals surface area contributed by atoms with Crippen LogP contribution in [-0.2, 0) is 0 Å². The first-order valence-electron chi connectivity index (χ1n) is 6.16. The largest absolute Gasteiger partial charge is 0.479 e. The van der Waals surface area contributed by atoms with Gasteiger partial charge in [-0.15, -0.1) is 11.3 Å². The molecule has 3 nitrogen and oxygen atoms in total. The SMILES string of the molecule is NC=C(N)C(=[NH+]c1c(F)cc(F)cc1-c1cccs1)C(F)(F)F. The first kappa shape index (κ1) is 16.9. The summed E-state index contributed by atoms with van der Waals surface area (Å²) in [7, 11) is 0. The van der Waals surface area contributed by atoms with E-state index in [0.717, 1.165) is 17.4 Å². The van der Waals surface area contributed by atoms with Crippen molar-refractivity contribution in [1.29, 1.82) is 0 Å². The van der Waals surface area contributed by atoms with E-state index < -0.39 is 34.9 Å². The van der Waals surface area contributed by atoms with Crippen LogP contribution in [-0.4, -0.2) is 11.9 Å². The van der Waals surface area contributed by atoms with Crippen LogP contribution in [0.5, 0.6) is 0 Å². The van der Waals surface area contributed by atoms with Gasteiger partial charge in [0, 0.05) is 17.1 Å². The summed E-state index contributed by atoms with van der Waals surface area (Å²) in [5.74, 6) is -2.09. The maximum atomic E-state index is 14.0. The second-order valence-corrected chi connectivity index (χ2v) is 5.35. The maximum absolute atomic E-state index is 14.0. The second-order valence-electron chi connectivity index (χ2n) is 4.41. The molecule has 0 spiro atoms. The molecule has 1 aromatic carbocycles. The van der Waals surface area contributed by atoms with E-state index in [2.05, 4.69) is 0 Å². The Labute approximate surface area is 131 Å². The molecule has 0 unspecified atom stereocenters. The Bertz CT molecular complexity index is 763. The predicted molar refractivity (Wildman–Crippen MR) is 77.8 cm³/mol. The molecule has 0 saturated carbocycles. The zero-order chi connectivity index (χ0) is 17.2. The minimum atomic E-state index is -4.90. The average molecular weight is 348 g/mol.